The monoisotopic (exact) mass is 234 g/mol. The number of allylic oxidation sites excluding steroid dienone is 8. The lowest BCUT2D eigenvalue weighted by Crippen LogP contribution is -2.04. The molecule has 0 saturated heterocycles. The average Bonchev–Trinajstić information content (AvgIpc) is 2.79. The zero-order valence-electron chi connectivity index (χ0n) is 11.0. The summed E-state index contributed by atoms with van der Waals surface area (Å²) < 4.78 is 0. The summed E-state index contributed by atoms with van der Waals surface area (Å²) in [5.74, 6) is 0.558. The fourth-order valence-electron chi connectivity index (χ4n) is 2.89. The molecular weight excluding hydrogens is 216 g/mol. The summed E-state index contributed by atoms with van der Waals surface area (Å²) in [6, 6.07) is 10.8. The van der Waals surface area contributed by atoms with E-state index in [0.717, 1.165) is 6.42 Å². The van der Waals surface area contributed by atoms with E-state index in [9.17, 15) is 0 Å². The van der Waals surface area contributed by atoms with Crippen molar-refractivity contribution in [2.75, 3.05) is 0 Å². The van der Waals surface area contributed by atoms with Gasteiger partial charge in [0.25, 0.3) is 0 Å². The highest BCUT2D eigenvalue weighted by atomic mass is 14.3. The number of hydrogen-bond acceptors (Lipinski definition) is 0. The Morgan fingerprint density at radius 2 is 1.83 bits per heavy atom. The predicted octanol–water partition coefficient (Wildman–Crippen LogP) is 4.92. The normalized spacial score (nSPS) is 21.4. The van der Waals surface area contributed by atoms with Gasteiger partial charge in [-0.1, -0.05) is 60.2 Å². The van der Waals surface area contributed by atoms with Crippen LogP contribution in [0.2, 0.25) is 0 Å². The SMILES string of the molecule is CC(C)=C1C=C(c2ccccc2)C2CC=CC=C12. The molecule has 0 heteroatoms. The Morgan fingerprint density at radius 1 is 1.06 bits per heavy atom. The van der Waals surface area contributed by atoms with Crippen molar-refractivity contribution in [2.24, 2.45) is 5.92 Å². The summed E-state index contributed by atoms with van der Waals surface area (Å²) in [4.78, 5) is 0. The van der Waals surface area contributed by atoms with Gasteiger partial charge in [0.15, 0.2) is 0 Å². The van der Waals surface area contributed by atoms with E-state index in [1.807, 2.05) is 0 Å². The van der Waals surface area contributed by atoms with Crippen molar-refractivity contribution in [3.05, 3.63) is 76.9 Å². The zero-order valence-corrected chi connectivity index (χ0v) is 11.0. The lowest BCUT2D eigenvalue weighted by Gasteiger charge is -2.18. The molecule has 1 aromatic rings. The van der Waals surface area contributed by atoms with Crippen LogP contribution in [-0.2, 0) is 0 Å². The van der Waals surface area contributed by atoms with Gasteiger partial charge >= 0.3 is 0 Å². The first kappa shape index (κ1) is 11.3. The Kier molecular flexibility index (Phi) is 2.79. The highest BCUT2D eigenvalue weighted by Crippen LogP contribution is 2.45. The molecule has 0 spiro atoms. The molecule has 0 N–H and O–H groups in total. The number of hydrogen-bond donors (Lipinski definition) is 0. The molecule has 0 heterocycles. The van der Waals surface area contributed by atoms with Crippen LogP contribution in [0.4, 0.5) is 0 Å². The average molecular weight is 234 g/mol. The van der Waals surface area contributed by atoms with Crippen LogP contribution in [-0.4, -0.2) is 0 Å². The van der Waals surface area contributed by atoms with Gasteiger partial charge in [-0.25, -0.2) is 0 Å². The minimum atomic E-state index is 0.558. The third kappa shape index (κ3) is 1.78. The van der Waals surface area contributed by atoms with Crippen molar-refractivity contribution in [1.82, 2.24) is 0 Å². The van der Waals surface area contributed by atoms with Crippen molar-refractivity contribution in [1.29, 1.82) is 0 Å². The molecule has 0 nitrogen and oxygen atoms in total. The highest BCUT2D eigenvalue weighted by Gasteiger charge is 2.28. The first-order valence-corrected chi connectivity index (χ1v) is 6.59. The quantitative estimate of drug-likeness (QED) is 0.646. The number of fused-ring (bicyclic) bond motifs is 1. The summed E-state index contributed by atoms with van der Waals surface area (Å²) in [5.41, 5.74) is 7.18. The second-order valence-corrected chi connectivity index (χ2v) is 5.22. The van der Waals surface area contributed by atoms with E-state index in [0.29, 0.717) is 5.92 Å². The molecule has 3 rings (SSSR count). The zero-order chi connectivity index (χ0) is 12.5. The Labute approximate surface area is 109 Å². The van der Waals surface area contributed by atoms with Crippen LogP contribution in [0.5, 0.6) is 0 Å². The van der Waals surface area contributed by atoms with Crippen molar-refractivity contribution in [3.63, 3.8) is 0 Å². The molecular formula is C18H18. The van der Waals surface area contributed by atoms with E-state index in [2.05, 4.69) is 68.5 Å². The molecule has 1 unspecified atom stereocenters. The Bertz CT molecular complexity index is 576. The van der Waals surface area contributed by atoms with E-state index in [1.165, 1.54) is 27.9 Å². The van der Waals surface area contributed by atoms with E-state index in [-0.39, 0.29) is 0 Å². The van der Waals surface area contributed by atoms with Crippen molar-refractivity contribution in [2.45, 2.75) is 20.3 Å². The van der Waals surface area contributed by atoms with E-state index < -0.39 is 0 Å². The smallest absolute Gasteiger partial charge is 0.0136 e. The van der Waals surface area contributed by atoms with Crippen LogP contribution >= 0.6 is 0 Å². The molecule has 0 amide bonds. The minimum absolute atomic E-state index is 0.558. The molecule has 2 aliphatic rings. The fraction of sp³-hybridized carbons (Fsp3) is 0.222. The Balaban J connectivity index is 2.12. The van der Waals surface area contributed by atoms with Crippen LogP contribution in [0.3, 0.4) is 0 Å². The predicted molar refractivity (Wildman–Crippen MR) is 78.1 cm³/mol. The van der Waals surface area contributed by atoms with Gasteiger partial charge in [-0.15, -0.1) is 0 Å². The number of rotatable bonds is 1. The molecule has 2 aliphatic carbocycles. The van der Waals surface area contributed by atoms with Gasteiger partial charge in [0.1, 0.15) is 0 Å². The first-order valence-electron chi connectivity index (χ1n) is 6.59. The van der Waals surface area contributed by atoms with Gasteiger partial charge in [0.05, 0.1) is 0 Å². The molecule has 1 atom stereocenters. The Hall–Kier alpha value is -1.82. The maximum atomic E-state index is 2.38. The second-order valence-electron chi connectivity index (χ2n) is 5.22. The molecule has 0 aromatic heterocycles. The Morgan fingerprint density at radius 3 is 2.56 bits per heavy atom. The summed E-state index contributed by atoms with van der Waals surface area (Å²) in [6.07, 6.45) is 10.3. The second kappa shape index (κ2) is 4.45. The molecule has 0 fully saturated rings. The van der Waals surface area contributed by atoms with E-state index in [4.69, 9.17) is 0 Å². The molecule has 0 radical (unpaired) electrons. The van der Waals surface area contributed by atoms with Gasteiger partial charge < -0.3 is 0 Å². The topological polar surface area (TPSA) is 0 Å². The molecule has 0 saturated carbocycles. The first-order chi connectivity index (χ1) is 8.77. The number of benzene rings is 1. The van der Waals surface area contributed by atoms with Gasteiger partial charge in [-0.05, 0) is 42.6 Å². The van der Waals surface area contributed by atoms with Crippen molar-refractivity contribution >= 4 is 5.57 Å². The molecule has 0 bridgehead atoms. The van der Waals surface area contributed by atoms with E-state index in [1.54, 1.807) is 0 Å². The largest absolute Gasteiger partial charge is 0.0836 e. The van der Waals surface area contributed by atoms with Gasteiger partial charge in [0.2, 0.25) is 0 Å². The third-order valence-electron chi connectivity index (χ3n) is 3.79. The van der Waals surface area contributed by atoms with Gasteiger partial charge in [0, 0.05) is 5.92 Å². The lowest BCUT2D eigenvalue weighted by molar-refractivity contribution is 0.815. The van der Waals surface area contributed by atoms with Crippen molar-refractivity contribution < 1.29 is 0 Å². The molecule has 0 aliphatic heterocycles. The highest BCUT2D eigenvalue weighted by molar-refractivity contribution is 5.81. The van der Waals surface area contributed by atoms with Crippen molar-refractivity contribution in [3.8, 4) is 0 Å². The minimum Gasteiger partial charge on any atom is -0.0836 e. The molecule has 18 heavy (non-hydrogen) atoms. The van der Waals surface area contributed by atoms with Crippen LogP contribution in [0.1, 0.15) is 25.8 Å². The van der Waals surface area contributed by atoms with Gasteiger partial charge in [-0.3, -0.25) is 0 Å². The van der Waals surface area contributed by atoms with Crippen LogP contribution in [0.15, 0.2) is 71.4 Å². The fourth-order valence-corrected chi connectivity index (χ4v) is 2.89. The van der Waals surface area contributed by atoms with Gasteiger partial charge in [-0.2, -0.15) is 0 Å². The maximum absolute atomic E-state index is 2.38. The van der Waals surface area contributed by atoms with E-state index >= 15 is 0 Å². The van der Waals surface area contributed by atoms with Crippen LogP contribution in [0, 0.1) is 5.92 Å². The summed E-state index contributed by atoms with van der Waals surface area (Å²) >= 11 is 0. The summed E-state index contributed by atoms with van der Waals surface area (Å²) in [5, 5.41) is 0. The standard InChI is InChI=1S/C18H18/c1-13(2)17-12-18(14-8-4-3-5-9-14)16-11-7-6-10-15(16)17/h3-10,12,16H,11H2,1-2H3. The van der Waals surface area contributed by atoms with Crippen LogP contribution in [0.25, 0.3) is 5.57 Å². The lowest BCUT2D eigenvalue weighted by atomic mass is 9.85. The maximum Gasteiger partial charge on any atom is 0.0136 e. The molecule has 90 valence electrons. The summed E-state index contributed by atoms with van der Waals surface area (Å²) in [6.45, 7) is 4.41. The molecule has 1 aromatic carbocycles. The summed E-state index contributed by atoms with van der Waals surface area (Å²) in [7, 11) is 0. The van der Waals surface area contributed by atoms with Crippen LogP contribution < -0.4 is 0 Å². The third-order valence-corrected chi connectivity index (χ3v) is 3.79.